The molecular weight excluding hydrogens is 250 g/mol. The molecule has 1 aliphatic heterocycles. The number of nitrogens with zero attached hydrogens (tertiary/aromatic N) is 2. The molecule has 0 aliphatic carbocycles. The number of nitrogens with one attached hydrogen (secondary N) is 1. The molecule has 0 unspecified atom stereocenters. The second kappa shape index (κ2) is 4.68. The summed E-state index contributed by atoms with van der Waals surface area (Å²) in [6, 6.07) is 5.77. The van der Waals surface area contributed by atoms with Crippen molar-refractivity contribution >= 4 is 23.1 Å². The van der Waals surface area contributed by atoms with Crippen LogP contribution in [0.5, 0.6) is 0 Å². The largest absolute Gasteiger partial charge is 0.460 e. The fraction of sp³-hybridized carbons (Fsp3) is 0.333. The summed E-state index contributed by atoms with van der Waals surface area (Å²) in [5, 5.41) is 14.5. The molecule has 1 N–H and O–H groups in total. The van der Waals surface area contributed by atoms with Gasteiger partial charge in [-0.05, 0) is 12.1 Å². The minimum Gasteiger partial charge on any atom is -0.460 e. The number of cyclic esters (lactones) is 1. The molecule has 0 spiro atoms. The summed E-state index contributed by atoms with van der Waals surface area (Å²) in [7, 11) is 0. The molecule has 0 bridgehead atoms. The predicted octanol–water partition coefficient (Wildman–Crippen LogP) is 1.95. The van der Waals surface area contributed by atoms with E-state index in [2.05, 4.69) is 10.5 Å². The van der Waals surface area contributed by atoms with Crippen molar-refractivity contribution in [1.82, 2.24) is 0 Å². The SMILES string of the molecule is CC1(C)COC(=O)C1=NNc1ccc([N+](=O)[O-])cc1. The number of rotatable bonds is 3. The van der Waals surface area contributed by atoms with Gasteiger partial charge in [0.25, 0.3) is 5.69 Å². The lowest BCUT2D eigenvalue weighted by atomic mass is 9.91. The van der Waals surface area contributed by atoms with E-state index in [0.717, 1.165) is 0 Å². The fourth-order valence-electron chi connectivity index (χ4n) is 1.63. The first-order valence-electron chi connectivity index (χ1n) is 5.66. The van der Waals surface area contributed by atoms with E-state index in [1.807, 2.05) is 13.8 Å². The Morgan fingerprint density at radius 2 is 2.00 bits per heavy atom. The van der Waals surface area contributed by atoms with Gasteiger partial charge in [-0.25, -0.2) is 4.79 Å². The zero-order valence-electron chi connectivity index (χ0n) is 10.5. The van der Waals surface area contributed by atoms with Crippen LogP contribution < -0.4 is 5.43 Å². The zero-order valence-corrected chi connectivity index (χ0v) is 10.5. The van der Waals surface area contributed by atoms with Crippen molar-refractivity contribution in [3.05, 3.63) is 34.4 Å². The summed E-state index contributed by atoms with van der Waals surface area (Å²) in [6.45, 7) is 4.01. The average Bonchev–Trinajstić information content (AvgIpc) is 2.62. The molecule has 1 saturated heterocycles. The highest BCUT2D eigenvalue weighted by molar-refractivity contribution is 6.40. The number of benzene rings is 1. The van der Waals surface area contributed by atoms with Crippen LogP contribution in [-0.4, -0.2) is 23.2 Å². The Labute approximate surface area is 109 Å². The number of anilines is 1. The normalized spacial score (nSPS) is 19.3. The lowest BCUT2D eigenvalue weighted by Crippen LogP contribution is -2.25. The fourth-order valence-corrected chi connectivity index (χ4v) is 1.63. The van der Waals surface area contributed by atoms with E-state index in [0.29, 0.717) is 18.0 Å². The number of hydrazone groups is 1. The Hall–Kier alpha value is -2.44. The number of nitro benzene ring substituents is 1. The number of ether oxygens (including phenoxy) is 1. The number of carbonyl (C=O) groups is 1. The van der Waals surface area contributed by atoms with Crippen LogP contribution in [0.15, 0.2) is 29.4 Å². The summed E-state index contributed by atoms with van der Waals surface area (Å²) < 4.78 is 4.92. The third kappa shape index (κ3) is 2.70. The summed E-state index contributed by atoms with van der Waals surface area (Å²) in [5.74, 6) is -0.445. The van der Waals surface area contributed by atoms with Gasteiger partial charge >= 0.3 is 5.97 Å². The molecule has 7 heteroatoms. The van der Waals surface area contributed by atoms with E-state index in [4.69, 9.17) is 4.74 Å². The van der Waals surface area contributed by atoms with Crippen molar-refractivity contribution in [2.45, 2.75) is 13.8 Å². The van der Waals surface area contributed by atoms with Crippen LogP contribution in [0.3, 0.4) is 0 Å². The van der Waals surface area contributed by atoms with Crippen LogP contribution in [0.4, 0.5) is 11.4 Å². The molecule has 1 aromatic rings. The van der Waals surface area contributed by atoms with Gasteiger partial charge in [0.15, 0.2) is 5.71 Å². The minimum absolute atomic E-state index is 0.00110. The highest BCUT2D eigenvalue weighted by Crippen LogP contribution is 2.25. The number of hydrogen-bond acceptors (Lipinski definition) is 6. The Bertz CT molecular complexity index is 549. The molecule has 1 aromatic carbocycles. The molecular formula is C12H13N3O4. The van der Waals surface area contributed by atoms with E-state index in [9.17, 15) is 14.9 Å². The first kappa shape index (κ1) is 13.0. The van der Waals surface area contributed by atoms with Crippen LogP contribution in [0, 0.1) is 15.5 Å². The topological polar surface area (TPSA) is 93.8 Å². The van der Waals surface area contributed by atoms with Gasteiger partial charge in [0.05, 0.1) is 16.0 Å². The molecule has 1 fully saturated rings. The second-order valence-electron chi connectivity index (χ2n) is 4.84. The summed E-state index contributed by atoms with van der Waals surface area (Å²) in [4.78, 5) is 21.5. The standard InChI is InChI=1S/C12H13N3O4/c1-12(2)7-19-11(16)10(12)14-13-8-3-5-9(6-4-8)15(17)18/h3-6,13H,7H2,1-2H3. The Balaban J connectivity index is 2.14. The second-order valence-corrected chi connectivity index (χ2v) is 4.84. The van der Waals surface area contributed by atoms with Gasteiger partial charge < -0.3 is 4.74 Å². The predicted molar refractivity (Wildman–Crippen MR) is 68.9 cm³/mol. The Kier molecular flexibility index (Phi) is 3.20. The molecule has 19 heavy (non-hydrogen) atoms. The van der Waals surface area contributed by atoms with Gasteiger partial charge in [0, 0.05) is 12.1 Å². The third-order valence-corrected chi connectivity index (χ3v) is 2.77. The van der Waals surface area contributed by atoms with Crippen LogP contribution in [0.1, 0.15) is 13.8 Å². The van der Waals surface area contributed by atoms with Gasteiger partial charge in [-0.1, -0.05) is 13.8 Å². The van der Waals surface area contributed by atoms with Crippen LogP contribution >= 0.6 is 0 Å². The maximum absolute atomic E-state index is 11.5. The number of nitro groups is 1. The van der Waals surface area contributed by atoms with E-state index < -0.39 is 16.3 Å². The summed E-state index contributed by atoms with van der Waals surface area (Å²) >= 11 is 0. The first-order valence-corrected chi connectivity index (χ1v) is 5.66. The maximum Gasteiger partial charge on any atom is 0.355 e. The lowest BCUT2D eigenvalue weighted by Gasteiger charge is -2.12. The van der Waals surface area contributed by atoms with E-state index >= 15 is 0 Å². The molecule has 1 heterocycles. The van der Waals surface area contributed by atoms with Gasteiger partial charge in [-0.15, -0.1) is 0 Å². The third-order valence-electron chi connectivity index (χ3n) is 2.77. The number of non-ortho nitro benzene ring substituents is 1. The van der Waals surface area contributed by atoms with E-state index in [1.54, 1.807) is 0 Å². The van der Waals surface area contributed by atoms with Crippen molar-refractivity contribution in [2.75, 3.05) is 12.0 Å². The molecule has 2 rings (SSSR count). The van der Waals surface area contributed by atoms with E-state index in [-0.39, 0.29) is 5.69 Å². The summed E-state index contributed by atoms with van der Waals surface area (Å²) in [6.07, 6.45) is 0. The van der Waals surface area contributed by atoms with Crippen molar-refractivity contribution in [3.8, 4) is 0 Å². The lowest BCUT2D eigenvalue weighted by molar-refractivity contribution is -0.384. The first-order chi connectivity index (χ1) is 8.90. The highest BCUT2D eigenvalue weighted by atomic mass is 16.6. The van der Waals surface area contributed by atoms with Crippen LogP contribution in [0.2, 0.25) is 0 Å². The molecule has 7 nitrogen and oxygen atoms in total. The Morgan fingerprint density at radius 3 is 2.47 bits per heavy atom. The highest BCUT2D eigenvalue weighted by Gasteiger charge is 2.39. The van der Waals surface area contributed by atoms with Crippen molar-refractivity contribution in [3.63, 3.8) is 0 Å². The maximum atomic E-state index is 11.5. The van der Waals surface area contributed by atoms with E-state index in [1.165, 1.54) is 24.3 Å². The molecule has 100 valence electrons. The minimum atomic E-state index is -0.479. The molecule has 1 aliphatic rings. The van der Waals surface area contributed by atoms with Crippen molar-refractivity contribution in [2.24, 2.45) is 10.5 Å². The monoisotopic (exact) mass is 263 g/mol. The van der Waals surface area contributed by atoms with Gasteiger partial charge in [0.1, 0.15) is 6.61 Å². The van der Waals surface area contributed by atoms with Crippen molar-refractivity contribution < 1.29 is 14.5 Å². The molecule has 0 aromatic heterocycles. The smallest absolute Gasteiger partial charge is 0.355 e. The van der Waals surface area contributed by atoms with Gasteiger partial charge in [0.2, 0.25) is 0 Å². The molecule has 0 amide bonds. The summed E-state index contributed by atoms with van der Waals surface area (Å²) in [5.41, 5.74) is 3.14. The molecule has 0 radical (unpaired) electrons. The van der Waals surface area contributed by atoms with Crippen LogP contribution in [0.25, 0.3) is 0 Å². The molecule has 0 atom stereocenters. The number of esters is 1. The van der Waals surface area contributed by atoms with Crippen LogP contribution in [-0.2, 0) is 9.53 Å². The quantitative estimate of drug-likeness (QED) is 0.511. The molecule has 0 saturated carbocycles. The average molecular weight is 263 g/mol. The number of hydrogen-bond donors (Lipinski definition) is 1. The van der Waals surface area contributed by atoms with Gasteiger partial charge in [-0.3, -0.25) is 15.5 Å². The Morgan fingerprint density at radius 1 is 1.37 bits per heavy atom. The zero-order chi connectivity index (χ0) is 14.0. The van der Waals surface area contributed by atoms with Crippen molar-refractivity contribution in [1.29, 1.82) is 0 Å². The van der Waals surface area contributed by atoms with Gasteiger partial charge in [-0.2, -0.15) is 5.10 Å². The number of carbonyl (C=O) groups excluding carboxylic acids is 1.